The average molecular weight is 325 g/mol. The number of nitrogen functional groups attached to an aromatic ring is 1. The molecule has 3 heterocycles. The molecule has 2 atom stereocenters. The Morgan fingerprint density at radius 3 is 2.95 bits per heavy atom. The summed E-state index contributed by atoms with van der Waals surface area (Å²) >= 11 is 3.60. The molecule has 2 aliphatic heterocycles. The molecule has 0 spiro atoms. The highest BCUT2D eigenvalue weighted by molar-refractivity contribution is 9.10. The molecule has 2 N–H and O–H groups in total. The maximum absolute atomic E-state index is 6.13. The summed E-state index contributed by atoms with van der Waals surface area (Å²) in [4.78, 5) is 9.24. The van der Waals surface area contributed by atoms with E-state index < -0.39 is 0 Å². The minimum absolute atomic E-state index is 0.496. The molecule has 1 aromatic heterocycles. The lowest BCUT2D eigenvalue weighted by molar-refractivity contribution is 0.115. The van der Waals surface area contributed by atoms with E-state index in [1.54, 1.807) is 6.20 Å². The summed E-state index contributed by atoms with van der Waals surface area (Å²) in [6.45, 7) is 5.76. The van der Waals surface area contributed by atoms with Crippen molar-refractivity contribution in [1.82, 2.24) is 9.88 Å². The second kappa shape index (κ2) is 5.29. The summed E-state index contributed by atoms with van der Waals surface area (Å²) in [6, 6.07) is 1.18. The van der Waals surface area contributed by atoms with Gasteiger partial charge >= 0.3 is 0 Å². The van der Waals surface area contributed by atoms with Crippen molar-refractivity contribution < 1.29 is 0 Å². The molecule has 3 rings (SSSR count). The minimum Gasteiger partial charge on any atom is -0.396 e. The molecule has 104 valence electrons. The molecule has 0 aromatic carbocycles. The van der Waals surface area contributed by atoms with Gasteiger partial charge in [0.2, 0.25) is 0 Å². The summed E-state index contributed by atoms with van der Waals surface area (Å²) in [6.07, 6.45) is 7.61. The van der Waals surface area contributed by atoms with Gasteiger partial charge in [0.25, 0.3) is 0 Å². The smallest absolute Gasteiger partial charge is 0.0779 e. The molecule has 2 unspecified atom stereocenters. The maximum Gasteiger partial charge on any atom is 0.0779 e. The first-order valence-corrected chi connectivity index (χ1v) is 7.86. The van der Waals surface area contributed by atoms with Gasteiger partial charge in [-0.1, -0.05) is 6.42 Å². The van der Waals surface area contributed by atoms with Crippen LogP contribution in [0.1, 0.15) is 26.2 Å². The lowest BCUT2D eigenvalue weighted by Gasteiger charge is -2.48. The predicted octanol–water partition coefficient (Wildman–Crippen LogP) is 2.49. The van der Waals surface area contributed by atoms with Gasteiger partial charge in [0.1, 0.15) is 0 Å². The van der Waals surface area contributed by atoms with Crippen LogP contribution in [-0.2, 0) is 0 Å². The monoisotopic (exact) mass is 324 g/mol. The van der Waals surface area contributed by atoms with E-state index in [4.69, 9.17) is 5.73 Å². The number of anilines is 2. The number of hydrogen-bond donors (Lipinski definition) is 1. The lowest BCUT2D eigenvalue weighted by Crippen LogP contribution is -2.59. The number of pyridine rings is 1. The molecule has 2 fully saturated rings. The Bertz CT molecular complexity index is 445. The van der Waals surface area contributed by atoms with E-state index in [9.17, 15) is 0 Å². The van der Waals surface area contributed by atoms with Crippen LogP contribution in [0.5, 0.6) is 0 Å². The molecule has 0 bridgehead atoms. The number of piperazine rings is 1. The Balaban J connectivity index is 1.88. The van der Waals surface area contributed by atoms with Crippen LogP contribution in [0.25, 0.3) is 0 Å². The van der Waals surface area contributed by atoms with Crippen molar-refractivity contribution in [1.29, 1.82) is 0 Å². The van der Waals surface area contributed by atoms with Crippen LogP contribution in [0, 0.1) is 0 Å². The topological polar surface area (TPSA) is 45.4 Å². The molecule has 4 nitrogen and oxygen atoms in total. The highest BCUT2D eigenvalue weighted by atomic mass is 79.9. The van der Waals surface area contributed by atoms with Crippen LogP contribution in [-0.4, -0.2) is 41.6 Å². The van der Waals surface area contributed by atoms with Gasteiger partial charge in [-0.15, -0.1) is 0 Å². The molecule has 1 aromatic rings. The summed E-state index contributed by atoms with van der Waals surface area (Å²) < 4.78 is 1.00. The van der Waals surface area contributed by atoms with E-state index >= 15 is 0 Å². The largest absolute Gasteiger partial charge is 0.396 e. The molecule has 0 amide bonds. The summed E-state index contributed by atoms with van der Waals surface area (Å²) in [7, 11) is 0. The quantitative estimate of drug-likeness (QED) is 0.862. The van der Waals surface area contributed by atoms with Crippen molar-refractivity contribution in [2.45, 2.75) is 38.3 Å². The van der Waals surface area contributed by atoms with E-state index in [0.717, 1.165) is 28.9 Å². The predicted molar refractivity (Wildman–Crippen MR) is 82.4 cm³/mol. The van der Waals surface area contributed by atoms with E-state index in [1.807, 2.05) is 6.20 Å². The third-order valence-electron chi connectivity index (χ3n) is 4.38. The number of fused-ring (bicyclic) bond motifs is 1. The van der Waals surface area contributed by atoms with E-state index in [-0.39, 0.29) is 0 Å². The molecule has 19 heavy (non-hydrogen) atoms. The van der Waals surface area contributed by atoms with Gasteiger partial charge < -0.3 is 10.6 Å². The number of aromatic nitrogens is 1. The van der Waals surface area contributed by atoms with E-state index in [0.29, 0.717) is 12.1 Å². The van der Waals surface area contributed by atoms with Gasteiger partial charge in [-0.2, -0.15) is 0 Å². The van der Waals surface area contributed by atoms with Gasteiger partial charge in [-0.05, 0) is 42.2 Å². The molecule has 0 radical (unpaired) electrons. The lowest BCUT2D eigenvalue weighted by atomic mass is 9.96. The Labute approximate surface area is 123 Å². The Morgan fingerprint density at radius 2 is 2.16 bits per heavy atom. The first kappa shape index (κ1) is 13.2. The Morgan fingerprint density at radius 1 is 1.32 bits per heavy atom. The summed E-state index contributed by atoms with van der Waals surface area (Å²) in [5.74, 6) is 0. The van der Waals surface area contributed by atoms with Crippen molar-refractivity contribution in [2.75, 3.05) is 30.3 Å². The van der Waals surface area contributed by atoms with Crippen LogP contribution < -0.4 is 10.6 Å². The normalized spacial score (nSPS) is 28.2. The number of rotatable bonds is 1. The second-order valence-corrected chi connectivity index (χ2v) is 6.56. The first-order chi connectivity index (χ1) is 9.16. The summed E-state index contributed by atoms with van der Waals surface area (Å²) in [5, 5.41) is 0. The van der Waals surface area contributed by atoms with Crippen molar-refractivity contribution in [2.24, 2.45) is 0 Å². The Kier molecular flexibility index (Phi) is 3.67. The molecule has 2 saturated heterocycles. The number of hydrogen-bond acceptors (Lipinski definition) is 4. The highest BCUT2D eigenvalue weighted by Gasteiger charge is 2.34. The van der Waals surface area contributed by atoms with Crippen molar-refractivity contribution in [3.63, 3.8) is 0 Å². The first-order valence-electron chi connectivity index (χ1n) is 7.06. The maximum atomic E-state index is 6.13. The van der Waals surface area contributed by atoms with Gasteiger partial charge in [0.15, 0.2) is 0 Å². The van der Waals surface area contributed by atoms with Gasteiger partial charge in [0, 0.05) is 31.4 Å². The molecule has 0 aliphatic carbocycles. The van der Waals surface area contributed by atoms with E-state index in [1.165, 1.54) is 25.8 Å². The van der Waals surface area contributed by atoms with Crippen LogP contribution in [0.3, 0.4) is 0 Å². The molecular weight excluding hydrogens is 304 g/mol. The van der Waals surface area contributed by atoms with Gasteiger partial charge in [-0.3, -0.25) is 9.88 Å². The van der Waals surface area contributed by atoms with Crippen LogP contribution in [0.15, 0.2) is 16.9 Å². The van der Waals surface area contributed by atoms with E-state index in [2.05, 4.69) is 37.6 Å². The SMILES string of the molecule is CC1CN2CCCCC2CN1c1c(N)cncc1Br. The van der Waals surface area contributed by atoms with Crippen molar-refractivity contribution in [3.8, 4) is 0 Å². The van der Waals surface area contributed by atoms with Gasteiger partial charge in [0.05, 0.1) is 22.0 Å². The van der Waals surface area contributed by atoms with Crippen molar-refractivity contribution >= 4 is 27.3 Å². The molecule has 0 saturated carbocycles. The fourth-order valence-corrected chi connectivity index (χ4v) is 3.98. The zero-order valence-corrected chi connectivity index (χ0v) is 12.9. The molecular formula is C14H21BrN4. The number of piperidine rings is 1. The second-order valence-electron chi connectivity index (χ2n) is 5.71. The molecule has 2 aliphatic rings. The van der Waals surface area contributed by atoms with Crippen LogP contribution >= 0.6 is 15.9 Å². The van der Waals surface area contributed by atoms with Gasteiger partial charge in [-0.25, -0.2) is 0 Å². The average Bonchev–Trinajstić information content (AvgIpc) is 2.39. The third-order valence-corrected chi connectivity index (χ3v) is 4.96. The number of nitrogens with zero attached hydrogens (tertiary/aromatic N) is 3. The molecule has 5 heteroatoms. The minimum atomic E-state index is 0.496. The summed E-state index contributed by atoms with van der Waals surface area (Å²) in [5.41, 5.74) is 8.02. The fourth-order valence-electron chi connectivity index (χ4n) is 3.41. The standard InChI is InChI=1S/C14H21BrN4/c1-10-8-18-5-3-2-4-11(18)9-19(10)14-12(15)6-17-7-13(14)16/h6-7,10-11H,2-5,8-9,16H2,1H3. The zero-order chi connectivity index (χ0) is 13.4. The zero-order valence-electron chi connectivity index (χ0n) is 11.3. The Hall–Kier alpha value is -0.810. The number of nitrogens with two attached hydrogens (primary N) is 1. The van der Waals surface area contributed by atoms with Crippen molar-refractivity contribution in [3.05, 3.63) is 16.9 Å². The third kappa shape index (κ3) is 2.46. The van der Waals surface area contributed by atoms with Crippen LogP contribution in [0.4, 0.5) is 11.4 Å². The van der Waals surface area contributed by atoms with Crippen LogP contribution in [0.2, 0.25) is 0 Å². The fraction of sp³-hybridized carbons (Fsp3) is 0.643. The highest BCUT2D eigenvalue weighted by Crippen LogP contribution is 2.36. The number of halogens is 1.